The fourth-order valence-corrected chi connectivity index (χ4v) is 3.61. The number of methoxy groups -OCH3 is 1. The largest absolute Gasteiger partial charge is 0.464 e. The topological polar surface area (TPSA) is 97.7 Å². The van der Waals surface area contributed by atoms with Crippen LogP contribution in [0.1, 0.15) is 21.6 Å². The summed E-state index contributed by atoms with van der Waals surface area (Å²) in [6.07, 6.45) is 1.31. The fraction of sp³-hybridized carbons (Fsp3) is 0.333. The minimum atomic E-state index is -3.92. The lowest BCUT2D eigenvalue weighted by atomic mass is 10.1. The van der Waals surface area contributed by atoms with Gasteiger partial charge in [0.2, 0.25) is 15.9 Å². The Labute approximate surface area is 158 Å². The molecule has 0 spiro atoms. The maximum atomic E-state index is 12.6. The molecule has 0 atom stereocenters. The summed E-state index contributed by atoms with van der Waals surface area (Å²) in [5.74, 6) is -1.07. The number of sulfonamides is 1. The molecule has 0 aliphatic heterocycles. The van der Waals surface area contributed by atoms with Gasteiger partial charge < -0.3 is 14.6 Å². The predicted octanol–water partition coefficient (Wildman–Crippen LogP) is 1.06. The van der Waals surface area contributed by atoms with Gasteiger partial charge in [-0.2, -0.15) is 4.31 Å². The van der Waals surface area contributed by atoms with Gasteiger partial charge in [-0.3, -0.25) is 4.79 Å². The van der Waals surface area contributed by atoms with Gasteiger partial charge >= 0.3 is 5.97 Å². The Hall–Kier alpha value is -2.65. The van der Waals surface area contributed by atoms with Gasteiger partial charge in [0.1, 0.15) is 10.6 Å². The van der Waals surface area contributed by atoms with Crippen LogP contribution in [0.4, 0.5) is 0 Å². The zero-order valence-corrected chi connectivity index (χ0v) is 16.5. The predicted molar refractivity (Wildman–Crippen MR) is 99.6 cm³/mol. The zero-order valence-electron chi connectivity index (χ0n) is 15.7. The highest BCUT2D eigenvalue weighted by molar-refractivity contribution is 7.89. The van der Waals surface area contributed by atoms with Gasteiger partial charge in [-0.1, -0.05) is 29.8 Å². The second-order valence-electron chi connectivity index (χ2n) is 6.19. The lowest BCUT2D eigenvalue weighted by molar-refractivity contribution is -0.121. The Morgan fingerprint density at radius 1 is 1.22 bits per heavy atom. The van der Waals surface area contributed by atoms with Crippen molar-refractivity contribution in [3.05, 3.63) is 53.3 Å². The number of amides is 1. The molecule has 2 rings (SSSR count). The number of esters is 1. The van der Waals surface area contributed by atoms with E-state index in [2.05, 4.69) is 10.1 Å². The van der Waals surface area contributed by atoms with Crippen molar-refractivity contribution in [1.82, 2.24) is 14.2 Å². The molecule has 2 aromatic rings. The summed E-state index contributed by atoms with van der Waals surface area (Å²) < 4.78 is 32.2. The van der Waals surface area contributed by atoms with E-state index >= 15 is 0 Å². The first-order valence-electron chi connectivity index (χ1n) is 8.18. The Morgan fingerprint density at radius 3 is 2.44 bits per heavy atom. The first-order chi connectivity index (χ1) is 12.6. The molecule has 8 nitrogen and oxygen atoms in total. The summed E-state index contributed by atoms with van der Waals surface area (Å²) >= 11 is 0. The molecular weight excluding hydrogens is 370 g/mol. The number of aromatic nitrogens is 1. The third-order valence-electron chi connectivity index (χ3n) is 4.06. The van der Waals surface area contributed by atoms with Crippen LogP contribution in [0.3, 0.4) is 0 Å². The molecule has 0 aliphatic rings. The van der Waals surface area contributed by atoms with Gasteiger partial charge in [0, 0.05) is 26.8 Å². The first kappa shape index (κ1) is 20.7. The van der Waals surface area contributed by atoms with Crippen LogP contribution in [0.25, 0.3) is 0 Å². The maximum Gasteiger partial charge on any atom is 0.354 e. The van der Waals surface area contributed by atoms with Crippen LogP contribution < -0.4 is 5.32 Å². The minimum absolute atomic E-state index is 0.0840. The van der Waals surface area contributed by atoms with Crippen molar-refractivity contribution >= 4 is 21.9 Å². The molecule has 0 aliphatic carbocycles. The fourth-order valence-electron chi connectivity index (χ4n) is 2.41. The average Bonchev–Trinajstić information content (AvgIpc) is 3.03. The van der Waals surface area contributed by atoms with E-state index in [1.54, 1.807) is 7.05 Å². The SMILES string of the molecule is COC(=O)c1cc(S(=O)(=O)N(C)CC(=O)NCc2ccc(C)cc2)cn1C. The number of aryl methyl sites for hydroxylation is 2. The van der Waals surface area contributed by atoms with Crippen molar-refractivity contribution in [2.75, 3.05) is 20.7 Å². The van der Waals surface area contributed by atoms with E-state index in [-0.39, 0.29) is 17.1 Å². The monoisotopic (exact) mass is 393 g/mol. The smallest absolute Gasteiger partial charge is 0.354 e. The number of hydrogen-bond acceptors (Lipinski definition) is 5. The summed E-state index contributed by atoms with van der Waals surface area (Å²) in [4.78, 5) is 23.7. The normalized spacial score (nSPS) is 11.4. The number of likely N-dealkylation sites (N-methyl/N-ethyl adjacent to an activating group) is 1. The summed E-state index contributed by atoms with van der Waals surface area (Å²) in [7, 11) is 0.146. The Morgan fingerprint density at radius 2 is 1.85 bits per heavy atom. The van der Waals surface area contributed by atoms with E-state index in [0.717, 1.165) is 15.4 Å². The Kier molecular flexibility index (Phi) is 6.40. The summed E-state index contributed by atoms with van der Waals surface area (Å²) in [6.45, 7) is 1.94. The maximum absolute atomic E-state index is 12.6. The van der Waals surface area contributed by atoms with Crippen LogP contribution in [0, 0.1) is 6.92 Å². The highest BCUT2D eigenvalue weighted by Crippen LogP contribution is 2.18. The molecule has 1 aromatic heterocycles. The number of nitrogens with zero attached hydrogens (tertiary/aromatic N) is 2. The van der Waals surface area contributed by atoms with E-state index in [1.807, 2.05) is 31.2 Å². The van der Waals surface area contributed by atoms with E-state index < -0.39 is 21.9 Å². The molecule has 1 amide bonds. The van der Waals surface area contributed by atoms with Crippen LogP contribution in [-0.4, -0.2) is 49.9 Å². The summed E-state index contributed by atoms with van der Waals surface area (Å²) in [5.41, 5.74) is 2.14. The number of benzene rings is 1. The summed E-state index contributed by atoms with van der Waals surface area (Å²) in [5, 5.41) is 2.69. The van der Waals surface area contributed by atoms with Crippen molar-refractivity contribution in [2.45, 2.75) is 18.4 Å². The van der Waals surface area contributed by atoms with Crippen LogP contribution >= 0.6 is 0 Å². The van der Waals surface area contributed by atoms with Crippen molar-refractivity contribution in [2.24, 2.45) is 7.05 Å². The number of nitrogens with one attached hydrogen (secondary N) is 1. The quantitative estimate of drug-likeness (QED) is 0.710. The van der Waals surface area contributed by atoms with Gasteiger partial charge in [-0.05, 0) is 18.6 Å². The van der Waals surface area contributed by atoms with E-state index in [4.69, 9.17) is 0 Å². The highest BCUT2D eigenvalue weighted by Gasteiger charge is 2.26. The van der Waals surface area contributed by atoms with Crippen LogP contribution in [0.2, 0.25) is 0 Å². The molecule has 9 heteroatoms. The molecule has 0 fully saturated rings. The van der Waals surface area contributed by atoms with Crippen LogP contribution in [0.15, 0.2) is 41.4 Å². The number of ether oxygens (including phenoxy) is 1. The average molecular weight is 393 g/mol. The second kappa shape index (κ2) is 8.36. The molecule has 1 heterocycles. The van der Waals surface area contributed by atoms with E-state index in [1.165, 1.54) is 31.0 Å². The first-order valence-corrected chi connectivity index (χ1v) is 9.62. The third kappa shape index (κ3) is 4.95. The van der Waals surface area contributed by atoms with Crippen LogP contribution in [-0.2, 0) is 33.1 Å². The van der Waals surface area contributed by atoms with Crippen molar-refractivity contribution in [3.63, 3.8) is 0 Å². The van der Waals surface area contributed by atoms with Gasteiger partial charge in [0.05, 0.1) is 13.7 Å². The zero-order chi connectivity index (χ0) is 20.2. The number of rotatable bonds is 7. The summed E-state index contributed by atoms with van der Waals surface area (Å²) in [6, 6.07) is 8.89. The highest BCUT2D eigenvalue weighted by atomic mass is 32.2. The lowest BCUT2D eigenvalue weighted by Crippen LogP contribution is -2.38. The van der Waals surface area contributed by atoms with Gasteiger partial charge in [-0.15, -0.1) is 0 Å². The number of carbonyl (C=O) groups excluding carboxylic acids is 2. The van der Waals surface area contributed by atoms with Crippen LogP contribution in [0.5, 0.6) is 0 Å². The molecule has 0 saturated carbocycles. The molecule has 1 aromatic carbocycles. The second-order valence-corrected chi connectivity index (χ2v) is 8.23. The van der Waals surface area contributed by atoms with Gasteiger partial charge in [0.15, 0.2) is 0 Å². The molecule has 1 N–H and O–H groups in total. The Bertz CT molecular complexity index is 932. The van der Waals surface area contributed by atoms with Gasteiger partial charge in [0.25, 0.3) is 0 Å². The van der Waals surface area contributed by atoms with Crippen molar-refractivity contribution in [3.8, 4) is 0 Å². The molecule has 146 valence electrons. The molecular formula is C18H23N3O5S. The number of carbonyl (C=O) groups is 2. The standard InChI is InChI=1S/C18H23N3O5S/c1-13-5-7-14(8-6-13)10-19-17(22)12-21(3)27(24,25)15-9-16(18(23)26-4)20(2)11-15/h5-9,11H,10,12H2,1-4H3,(H,19,22). The molecule has 0 radical (unpaired) electrons. The molecule has 0 unspecified atom stereocenters. The van der Waals surface area contributed by atoms with Crippen molar-refractivity contribution < 1.29 is 22.7 Å². The molecule has 27 heavy (non-hydrogen) atoms. The third-order valence-corrected chi connectivity index (χ3v) is 5.83. The van der Waals surface area contributed by atoms with Crippen molar-refractivity contribution in [1.29, 1.82) is 0 Å². The molecule has 0 bridgehead atoms. The Balaban J connectivity index is 2.03. The minimum Gasteiger partial charge on any atom is -0.464 e. The van der Waals surface area contributed by atoms with E-state index in [9.17, 15) is 18.0 Å². The van der Waals surface area contributed by atoms with Gasteiger partial charge in [-0.25, -0.2) is 13.2 Å². The number of hydrogen-bond donors (Lipinski definition) is 1. The lowest BCUT2D eigenvalue weighted by Gasteiger charge is -2.16. The molecule has 0 saturated heterocycles. The van der Waals surface area contributed by atoms with E-state index in [0.29, 0.717) is 6.54 Å².